The van der Waals surface area contributed by atoms with Gasteiger partial charge in [0, 0.05) is 32.5 Å². The van der Waals surface area contributed by atoms with Crippen LogP contribution in [0.15, 0.2) is 24.4 Å². The highest BCUT2D eigenvalue weighted by Crippen LogP contribution is 2.18. The van der Waals surface area contributed by atoms with E-state index in [0.29, 0.717) is 24.8 Å². The van der Waals surface area contributed by atoms with Crippen LogP contribution in [0.3, 0.4) is 0 Å². The van der Waals surface area contributed by atoms with Crippen molar-refractivity contribution in [3.8, 4) is 5.69 Å². The highest BCUT2D eigenvalue weighted by atomic mass is 19.2. The average molecular weight is 281 g/mol. The predicted octanol–water partition coefficient (Wildman–Crippen LogP) is 2.91. The summed E-state index contributed by atoms with van der Waals surface area (Å²) in [5.74, 6) is -1.14. The van der Waals surface area contributed by atoms with Crippen molar-refractivity contribution in [2.75, 3.05) is 25.6 Å². The Hall–Kier alpha value is -1.95. The summed E-state index contributed by atoms with van der Waals surface area (Å²) in [6.07, 6.45) is 2.60. The molecular formula is C14H17F2N3O. The molecule has 108 valence electrons. The molecule has 1 heterocycles. The van der Waals surface area contributed by atoms with Crippen LogP contribution in [0.2, 0.25) is 0 Å². The fourth-order valence-corrected chi connectivity index (χ4v) is 1.87. The molecule has 1 N–H and O–H groups in total. The van der Waals surface area contributed by atoms with Crippen molar-refractivity contribution < 1.29 is 13.5 Å². The lowest BCUT2D eigenvalue weighted by Crippen LogP contribution is -2.09. The number of nitrogens with zero attached hydrogens (tertiary/aromatic N) is 2. The van der Waals surface area contributed by atoms with E-state index in [1.807, 2.05) is 6.92 Å². The van der Waals surface area contributed by atoms with Crippen molar-refractivity contribution in [1.82, 2.24) is 9.55 Å². The molecule has 0 saturated heterocycles. The largest absolute Gasteiger partial charge is 0.385 e. The summed E-state index contributed by atoms with van der Waals surface area (Å²) >= 11 is 0. The van der Waals surface area contributed by atoms with Gasteiger partial charge in [0.1, 0.15) is 0 Å². The van der Waals surface area contributed by atoms with Gasteiger partial charge in [-0.25, -0.2) is 13.8 Å². The molecule has 2 rings (SSSR count). The van der Waals surface area contributed by atoms with E-state index < -0.39 is 11.6 Å². The van der Waals surface area contributed by atoms with E-state index in [1.54, 1.807) is 17.9 Å². The summed E-state index contributed by atoms with van der Waals surface area (Å²) in [7, 11) is 1.65. The first-order chi connectivity index (χ1) is 9.61. The van der Waals surface area contributed by atoms with Gasteiger partial charge in [-0.1, -0.05) is 0 Å². The Bertz CT molecular complexity index is 584. The summed E-state index contributed by atoms with van der Waals surface area (Å²) in [5, 5.41) is 3.16. The van der Waals surface area contributed by atoms with Gasteiger partial charge < -0.3 is 10.1 Å². The molecule has 0 amide bonds. The maximum absolute atomic E-state index is 13.3. The molecular weight excluding hydrogens is 264 g/mol. The third-order valence-corrected chi connectivity index (χ3v) is 2.82. The zero-order chi connectivity index (χ0) is 14.5. The Balaban J connectivity index is 2.20. The van der Waals surface area contributed by atoms with Crippen LogP contribution in [0.5, 0.6) is 0 Å². The van der Waals surface area contributed by atoms with Crippen molar-refractivity contribution in [2.45, 2.75) is 13.3 Å². The Morgan fingerprint density at radius 3 is 2.80 bits per heavy atom. The van der Waals surface area contributed by atoms with Gasteiger partial charge in [-0.15, -0.1) is 0 Å². The standard InChI is InChI=1S/C14H17F2N3O/c1-10-9-19(11-4-5-12(15)13(16)8-11)14(18-10)17-6-3-7-20-2/h4-5,8-9H,3,6-7H2,1-2H3,(H,17,18). The zero-order valence-corrected chi connectivity index (χ0v) is 11.5. The zero-order valence-electron chi connectivity index (χ0n) is 11.5. The lowest BCUT2D eigenvalue weighted by molar-refractivity contribution is 0.197. The third kappa shape index (κ3) is 3.33. The van der Waals surface area contributed by atoms with E-state index in [2.05, 4.69) is 10.3 Å². The molecule has 20 heavy (non-hydrogen) atoms. The quantitative estimate of drug-likeness (QED) is 0.827. The van der Waals surface area contributed by atoms with Crippen LogP contribution >= 0.6 is 0 Å². The van der Waals surface area contributed by atoms with Crippen molar-refractivity contribution in [1.29, 1.82) is 0 Å². The smallest absolute Gasteiger partial charge is 0.207 e. The molecule has 1 aromatic carbocycles. The fourth-order valence-electron chi connectivity index (χ4n) is 1.87. The summed E-state index contributed by atoms with van der Waals surface area (Å²) in [6, 6.07) is 3.77. The van der Waals surface area contributed by atoms with Crippen LogP contribution < -0.4 is 5.32 Å². The molecule has 0 unspecified atom stereocenters. The van der Waals surface area contributed by atoms with Gasteiger partial charge in [0.25, 0.3) is 0 Å². The number of rotatable bonds is 6. The highest BCUT2D eigenvalue weighted by Gasteiger charge is 2.09. The fraction of sp³-hybridized carbons (Fsp3) is 0.357. The molecule has 0 aliphatic carbocycles. The molecule has 1 aromatic heterocycles. The van der Waals surface area contributed by atoms with E-state index in [-0.39, 0.29) is 0 Å². The van der Waals surface area contributed by atoms with Crippen LogP contribution in [0.1, 0.15) is 12.1 Å². The van der Waals surface area contributed by atoms with E-state index in [9.17, 15) is 8.78 Å². The number of benzene rings is 1. The molecule has 0 saturated carbocycles. The van der Waals surface area contributed by atoms with Gasteiger partial charge >= 0.3 is 0 Å². The minimum Gasteiger partial charge on any atom is -0.385 e. The molecule has 0 bridgehead atoms. The van der Waals surface area contributed by atoms with Crippen LogP contribution in [0.4, 0.5) is 14.7 Å². The summed E-state index contributed by atoms with van der Waals surface area (Å²) < 4.78 is 33.0. The second-order valence-corrected chi connectivity index (χ2v) is 4.45. The number of halogens is 2. The molecule has 0 aliphatic rings. The molecule has 0 fully saturated rings. The SMILES string of the molecule is COCCCNc1nc(C)cn1-c1ccc(F)c(F)c1. The maximum Gasteiger partial charge on any atom is 0.207 e. The minimum atomic E-state index is -0.876. The molecule has 6 heteroatoms. The summed E-state index contributed by atoms with van der Waals surface area (Å²) in [4.78, 5) is 4.33. The number of ether oxygens (including phenoxy) is 1. The van der Waals surface area contributed by atoms with E-state index >= 15 is 0 Å². The van der Waals surface area contributed by atoms with Crippen LogP contribution in [-0.2, 0) is 4.74 Å². The molecule has 0 spiro atoms. The van der Waals surface area contributed by atoms with Crippen LogP contribution in [0, 0.1) is 18.6 Å². The highest BCUT2D eigenvalue weighted by molar-refractivity contribution is 5.43. The van der Waals surface area contributed by atoms with Crippen molar-refractivity contribution in [3.05, 3.63) is 41.7 Å². The van der Waals surface area contributed by atoms with Crippen molar-refractivity contribution in [2.24, 2.45) is 0 Å². The number of anilines is 1. The number of imidazole rings is 1. The lowest BCUT2D eigenvalue weighted by Gasteiger charge is -2.10. The normalized spacial score (nSPS) is 10.8. The first kappa shape index (κ1) is 14.5. The monoisotopic (exact) mass is 281 g/mol. The van der Waals surface area contributed by atoms with Gasteiger partial charge in [0.2, 0.25) is 5.95 Å². The third-order valence-electron chi connectivity index (χ3n) is 2.82. The second-order valence-electron chi connectivity index (χ2n) is 4.45. The Morgan fingerprint density at radius 1 is 1.30 bits per heavy atom. The summed E-state index contributed by atoms with van der Waals surface area (Å²) in [5.41, 5.74) is 1.32. The number of aromatic nitrogens is 2. The van der Waals surface area contributed by atoms with E-state index in [0.717, 1.165) is 24.2 Å². The molecule has 0 radical (unpaired) electrons. The number of aryl methyl sites for hydroxylation is 1. The van der Waals surface area contributed by atoms with Crippen LogP contribution in [-0.4, -0.2) is 29.8 Å². The predicted molar refractivity (Wildman–Crippen MR) is 73.2 cm³/mol. The van der Waals surface area contributed by atoms with Gasteiger partial charge in [-0.2, -0.15) is 0 Å². The van der Waals surface area contributed by atoms with Crippen LogP contribution in [0.25, 0.3) is 5.69 Å². The molecule has 2 aromatic rings. The van der Waals surface area contributed by atoms with Crippen molar-refractivity contribution in [3.63, 3.8) is 0 Å². The molecule has 4 nitrogen and oxygen atoms in total. The number of hydrogen-bond donors (Lipinski definition) is 1. The Kier molecular flexibility index (Phi) is 4.68. The minimum absolute atomic E-state index is 0.527. The number of methoxy groups -OCH3 is 1. The van der Waals surface area contributed by atoms with Gasteiger partial charge in [-0.3, -0.25) is 4.57 Å². The number of hydrogen-bond acceptors (Lipinski definition) is 3. The molecule has 0 atom stereocenters. The molecule has 0 aliphatic heterocycles. The van der Waals surface area contributed by atoms with Gasteiger partial charge in [0.15, 0.2) is 11.6 Å². The number of nitrogens with one attached hydrogen (secondary N) is 1. The van der Waals surface area contributed by atoms with Gasteiger partial charge in [0.05, 0.1) is 11.4 Å². The van der Waals surface area contributed by atoms with Crippen molar-refractivity contribution >= 4 is 5.95 Å². The maximum atomic E-state index is 13.3. The lowest BCUT2D eigenvalue weighted by atomic mass is 10.3. The van der Waals surface area contributed by atoms with E-state index in [1.165, 1.54) is 6.07 Å². The summed E-state index contributed by atoms with van der Waals surface area (Å²) in [6.45, 7) is 3.18. The van der Waals surface area contributed by atoms with E-state index in [4.69, 9.17) is 4.74 Å². The average Bonchev–Trinajstić information content (AvgIpc) is 2.79. The Labute approximate surface area is 116 Å². The first-order valence-corrected chi connectivity index (χ1v) is 6.36. The Morgan fingerprint density at radius 2 is 2.10 bits per heavy atom. The first-order valence-electron chi connectivity index (χ1n) is 6.36. The topological polar surface area (TPSA) is 39.1 Å². The second kappa shape index (κ2) is 6.47. The van der Waals surface area contributed by atoms with Gasteiger partial charge in [-0.05, 0) is 25.5 Å².